The molecule has 2 aliphatic rings. The van der Waals surface area contributed by atoms with E-state index in [1.54, 1.807) is 0 Å². The minimum Gasteiger partial charge on any atom is -0.334 e. The van der Waals surface area contributed by atoms with Crippen molar-refractivity contribution in [2.24, 2.45) is 0 Å². The highest BCUT2D eigenvalue weighted by Gasteiger charge is 2.46. The summed E-state index contributed by atoms with van der Waals surface area (Å²) in [5.74, 6) is 0. The van der Waals surface area contributed by atoms with Gasteiger partial charge >= 0.3 is 0 Å². The molecule has 1 atom stereocenters. The second kappa shape index (κ2) is 19.4. The van der Waals surface area contributed by atoms with E-state index in [-0.39, 0.29) is 6.04 Å². The fraction of sp³-hybridized carbons (Fsp3) is 0.0685. The number of nitriles is 2. The Balaban J connectivity index is 0.919. The van der Waals surface area contributed by atoms with Gasteiger partial charge in [0.1, 0.15) is 0 Å². The van der Waals surface area contributed by atoms with Gasteiger partial charge in [-0.2, -0.15) is 10.5 Å². The molecule has 0 unspecified atom stereocenters. The molecule has 0 amide bonds. The van der Waals surface area contributed by atoms with Gasteiger partial charge in [-0.3, -0.25) is 0 Å². The second-order valence-electron chi connectivity index (χ2n) is 20.3. The highest BCUT2D eigenvalue weighted by atomic mass is 15.2. The van der Waals surface area contributed by atoms with Crippen LogP contribution in [0.25, 0.3) is 49.4 Å². The smallest absolute Gasteiger partial charge is 0.0991 e. The van der Waals surface area contributed by atoms with Gasteiger partial charge in [-0.25, -0.2) is 0 Å². The van der Waals surface area contributed by atoms with E-state index in [4.69, 9.17) is 0 Å². The van der Waals surface area contributed by atoms with E-state index < -0.39 is 5.41 Å². The number of nitrogens with zero attached hydrogens (tertiary/aromatic N) is 4. The van der Waals surface area contributed by atoms with Crippen molar-refractivity contribution in [3.8, 4) is 34.4 Å². The summed E-state index contributed by atoms with van der Waals surface area (Å²) in [5.41, 5.74) is 20.5. The van der Waals surface area contributed by atoms with Crippen LogP contribution in [0.3, 0.4) is 0 Å². The summed E-state index contributed by atoms with van der Waals surface area (Å²) in [4.78, 5) is 4.75. The molecule has 0 aromatic heterocycles. The van der Waals surface area contributed by atoms with E-state index >= 15 is 0 Å². The van der Waals surface area contributed by atoms with E-state index in [1.807, 2.05) is 36.4 Å². The van der Waals surface area contributed by atoms with Crippen molar-refractivity contribution >= 4 is 55.6 Å². The quantitative estimate of drug-likeness (QED) is 0.137. The number of hydrogen-bond acceptors (Lipinski definition) is 4. The molecule has 0 radical (unpaired) electrons. The first-order valence-electron chi connectivity index (χ1n) is 26.4. The van der Waals surface area contributed by atoms with Crippen molar-refractivity contribution < 1.29 is 0 Å². The molecule has 0 spiro atoms. The average Bonchev–Trinajstić information content (AvgIpc) is 3.79. The first-order chi connectivity index (χ1) is 37.9. The Hall–Kier alpha value is -10.0. The molecular formula is C73H52N4. The molecule has 77 heavy (non-hydrogen) atoms. The number of hydrogen-bond donors (Lipinski definition) is 0. The third-order valence-electron chi connectivity index (χ3n) is 16.0. The van der Waals surface area contributed by atoms with Crippen LogP contribution in [-0.2, 0) is 5.41 Å². The van der Waals surface area contributed by atoms with Crippen LogP contribution in [0.5, 0.6) is 0 Å². The molecule has 0 heterocycles. The molecule has 11 aromatic carbocycles. The van der Waals surface area contributed by atoms with E-state index in [1.165, 1.54) is 71.8 Å². The molecule has 4 nitrogen and oxygen atoms in total. The summed E-state index contributed by atoms with van der Waals surface area (Å²) in [6.45, 7) is 4.48. The molecule has 4 heteroatoms. The zero-order chi connectivity index (χ0) is 52.0. The van der Waals surface area contributed by atoms with Gasteiger partial charge in [0.25, 0.3) is 0 Å². The van der Waals surface area contributed by atoms with Crippen molar-refractivity contribution in [2.45, 2.75) is 31.7 Å². The summed E-state index contributed by atoms with van der Waals surface area (Å²) in [7, 11) is 0. The molecule has 2 aliphatic carbocycles. The number of fused-ring (bicyclic) bond motifs is 5. The van der Waals surface area contributed by atoms with Gasteiger partial charge in [-0.1, -0.05) is 176 Å². The second-order valence-corrected chi connectivity index (χ2v) is 20.3. The van der Waals surface area contributed by atoms with Crippen LogP contribution in [0.4, 0.5) is 28.4 Å². The van der Waals surface area contributed by atoms with E-state index in [0.29, 0.717) is 11.1 Å². The van der Waals surface area contributed by atoms with Gasteiger partial charge in [-0.15, -0.1) is 0 Å². The molecule has 11 aromatic rings. The summed E-state index contributed by atoms with van der Waals surface area (Å²) < 4.78 is 0. The highest BCUT2D eigenvalue weighted by molar-refractivity contribution is 6.00. The van der Waals surface area contributed by atoms with Crippen LogP contribution in [-0.4, -0.2) is 6.04 Å². The van der Waals surface area contributed by atoms with Crippen molar-refractivity contribution in [3.05, 3.63) is 311 Å². The van der Waals surface area contributed by atoms with Crippen LogP contribution in [0.15, 0.2) is 266 Å². The standard InChI is InChI=1S/C73H52N4/c1-49-43-61(76(59-33-27-51(47-74)28-34-59)71-25-13-17-53-15-9-11-23-65(53)71)37-41-63(49)55-31-39-67-68-40-32-56(46-70(68)73(69(67)45-55,57-19-5-3-6-20-57)58-21-7-4-8-22-58)64-42-38-62(44-50(64)2)77(60-35-29-52(48-75)30-36-60)72-26-14-18-54-16-10-12-24-66(54)72/h3-37,39-46,62H,38H2,1-2H3/t62-/m0/s1. The highest BCUT2D eigenvalue weighted by Crippen LogP contribution is 2.58. The molecule has 0 N–H and O–H groups in total. The third kappa shape index (κ3) is 7.98. The lowest BCUT2D eigenvalue weighted by molar-refractivity contribution is 0.767. The summed E-state index contributed by atoms with van der Waals surface area (Å²) in [6.07, 6.45) is 5.67. The maximum atomic E-state index is 9.72. The van der Waals surface area contributed by atoms with Gasteiger partial charge in [0.15, 0.2) is 0 Å². The molecule has 0 saturated carbocycles. The Kier molecular flexibility index (Phi) is 11.8. The van der Waals surface area contributed by atoms with Crippen LogP contribution in [0.2, 0.25) is 0 Å². The third-order valence-corrected chi connectivity index (χ3v) is 16.0. The number of allylic oxidation sites excluding steroid dienone is 2. The van der Waals surface area contributed by atoms with Crippen LogP contribution in [0.1, 0.15) is 57.9 Å². The van der Waals surface area contributed by atoms with Crippen LogP contribution < -0.4 is 9.80 Å². The summed E-state index contributed by atoms with van der Waals surface area (Å²) >= 11 is 0. The van der Waals surface area contributed by atoms with E-state index in [0.717, 1.165) is 51.4 Å². The van der Waals surface area contributed by atoms with Gasteiger partial charge in [0.2, 0.25) is 0 Å². The fourth-order valence-corrected chi connectivity index (χ4v) is 12.4. The lowest BCUT2D eigenvalue weighted by Gasteiger charge is -2.36. The van der Waals surface area contributed by atoms with Crippen LogP contribution >= 0.6 is 0 Å². The SMILES string of the molecule is CC1=C[C@@H](N(c2ccc(C#N)cc2)c2cccc3ccccc23)CC=C1c1ccc2c(c1)C(c1ccccc1)(c1ccccc1)c1cc(-c3ccc(N(c4ccc(C#N)cc4)c4cccc5ccccc45)cc3C)ccc1-2. The maximum Gasteiger partial charge on any atom is 0.0991 e. The number of aryl methyl sites for hydroxylation is 1. The summed E-state index contributed by atoms with van der Waals surface area (Å²) in [5, 5.41) is 24.1. The predicted octanol–water partition coefficient (Wildman–Crippen LogP) is 18.5. The largest absolute Gasteiger partial charge is 0.334 e. The van der Waals surface area contributed by atoms with Crippen molar-refractivity contribution in [1.82, 2.24) is 0 Å². The Labute approximate surface area is 450 Å². The predicted molar refractivity (Wildman–Crippen MR) is 318 cm³/mol. The first kappa shape index (κ1) is 46.8. The minimum absolute atomic E-state index is 0.0390. The molecule has 364 valence electrons. The monoisotopic (exact) mass is 984 g/mol. The number of benzene rings is 11. The summed E-state index contributed by atoms with van der Waals surface area (Å²) in [6, 6.07) is 93.9. The van der Waals surface area contributed by atoms with Gasteiger partial charge in [0.05, 0.1) is 40.4 Å². The molecular weight excluding hydrogens is 933 g/mol. The van der Waals surface area contributed by atoms with Gasteiger partial charge < -0.3 is 9.80 Å². The number of rotatable bonds is 10. The Morgan fingerprint density at radius 2 is 0.935 bits per heavy atom. The molecule has 13 rings (SSSR count). The van der Waals surface area contributed by atoms with Crippen molar-refractivity contribution in [3.63, 3.8) is 0 Å². The minimum atomic E-state index is -0.621. The molecule has 0 saturated heterocycles. The average molecular weight is 985 g/mol. The van der Waals surface area contributed by atoms with Crippen molar-refractivity contribution in [1.29, 1.82) is 10.5 Å². The van der Waals surface area contributed by atoms with Crippen molar-refractivity contribution in [2.75, 3.05) is 9.80 Å². The Bertz CT molecular complexity index is 4180. The number of anilines is 5. The van der Waals surface area contributed by atoms with Gasteiger partial charge in [0, 0.05) is 33.5 Å². The Morgan fingerprint density at radius 3 is 1.52 bits per heavy atom. The lowest BCUT2D eigenvalue weighted by atomic mass is 9.67. The van der Waals surface area contributed by atoms with E-state index in [9.17, 15) is 10.5 Å². The molecule has 0 aliphatic heterocycles. The zero-order valence-electron chi connectivity index (χ0n) is 42.9. The first-order valence-corrected chi connectivity index (χ1v) is 26.4. The topological polar surface area (TPSA) is 54.1 Å². The fourth-order valence-electron chi connectivity index (χ4n) is 12.4. The maximum absolute atomic E-state index is 9.72. The molecule has 0 bridgehead atoms. The van der Waals surface area contributed by atoms with Crippen LogP contribution in [0, 0.1) is 29.6 Å². The lowest BCUT2D eigenvalue weighted by Crippen LogP contribution is -2.31. The normalized spacial score (nSPS) is 14.2. The molecule has 0 fully saturated rings. The van der Waals surface area contributed by atoms with Gasteiger partial charge in [-0.05, 0) is 183 Å². The zero-order valence-corrected chi connectivity index (χ0v) is 42.9. The van der Waals surface area contributed by atoms with E-state index in [2.05, 4.69) is 260 Å². The Morgan fingerprint density at radius 1 is 0.442 bits per heavy atom.